The number of hydrogen-bond donors (Lipinski definition) is 2. The lowest BCUT2D eigenvalue weighted by molar-refractivity contribution is 0.0995. The molecule has 10 heteroatoms. The molecule has 1 aliphatic rings. The highest BCUT2D eigenvalue weighted by Gasteiger charge is 2.25. The van der Waals surface area contributed by atoms with Gasteiger partial charge in [0.2, 0.25) is 23.6 Å². The summed E-state index contributed by atoms with van der Waals surface area (Å²) in [4.78, 5) is 26.3. The minimum absolute atomic E-state index is 0.00219. The van der Waals surface area contributed by atoms with E-state index in [4.69, 9.17) is 19.6 Å². The van der Waals surface area contributed by atoms with Crippen LogP contribution in [-0.4, -0.2) is 66.2 Å². The van der Waals surface area contributed by atoms with E-state index >= 15 is 0 Å². The summed E-state index contributed by atoms with van der Waals surface area (Å²) in [7, 11) is 5.05. The molecule has 0 spiro atoms. The zero-order valence-electron chi connectivity index (χ0n) is 15.0. The molecule has 140 valence electrons. The number of anilines is 1. The van der Waals surface area contributed by atoms with Crippen molar-refractivity contribution in [3.8, 4) is 23.2 Å². The average molecular weight is 362 g/mol. The lowest BCUT2D eigenvalue weighted by atomic mass is 10.1. The SMILES string of the molecule is COc1nc(NC2CCN(C)CC2)nc(OC)c1-c1nc(C(N)=O)co1. The summed E-state index contributed by atoms with van der Waals surface area (Å²) in [6, 6.07) is 0.273. The smallest absolute Gasteiger partial charge is 0.270 e. The number of carbonyl (C=O) groups is 1. The largest absolute Gasteiger partial charge is 0.480 e. The molecule has 2 aromatic heterocycles. The number of aromatic nitrogens is 3. The van der Waals surface area contributed by atoms with Crippen LogP contribution in [0.1, 0.15) is 23.3 Å². The maximum atomic E-state index is 11.2. The number of piperidine rings is 1. The Kier molecular flexibility index (Phi) is 5.21. The van der Waals surface area contributed by atoms with Gasteiger partial charge < -0.3 is 29.8 Å². The van der Waals surface area contributed by atoms with Gasteiger partial charge in [-0.05, 0) is 33.0 Å². The van der Waals surface area contributed by atoms with Gasteiger partial charge in [0.25, 0.3) is 5.91 Å². The molecule has 0 unspecified atom stereocenters. The Labute approximate surface area is 150 Å². The van der Waals surface area contributed by atoms with E-state index in [-0.39, 0.29) is 29.4 Å². The summed E-state index contributed by atoms with van der Waals surface area (Å²) >= 11 is 0. The molecule has 0 bridgehead atoms. The highest BCUT2D eigenvalue weighted by molar-refractivity contribution is 5.91. The number of nitrogens with one attached hydrogen (secondary N) is 1. The van der Waals surface area contributed by atoms with Gasteiger partial charge in [0.05, 0.1) is 14.2 Å². The molecule has 1 fully saturated rings. The Hall–Kier alpha value is -2.88. The molecule has 3 rings (SSSR count). The fourth-order valence-corrected chi connectivity index (χ4v) is 2.80. The average Bonchev–Trinajstić information content (AvgIpc) is 3.12. The normalized spacial score (nSPS) is 15.7. The van der Waals surface area contributed by atoms with Crippen molar-refractivity contribution in [1.29, 1.82) is 0 Å². The van der Waals surface area contributed by atoms with Crippen molar-refractivity contribution in [1.82, 2.24) is 19.9 Å². The number of nitrogens with zero attached hydrogens (tertiary/aromatic N) is 4. The van der Waals surface area contributed by atoms with E-state index in [1.54, 1.807) is 0 Å². The van der Waals surface area contributed by atoms with E-state index in [9.17, 15) is 4.79 Å². The number of primary amides is 1. The van der Waals surface area contributed by atoms with E-state index < -0.39 is 5.91 Å². The Morgan fingerprint density at radius 1 is 1.23 bits per heavy atom. The second kappa shape index (κ2) is 7.56. The van der Waals surface area contributed by atoms with Gasteiger partial charge in [0.1, 0.15) is 6.26 Å². The van der Waals surface area contributed by atoms with Gasteiger partial charge in [0.15, 0.2) is 11.3 Å². The lowest BCUT2D eigenvalue weighted by Gasteiger charge is -2.29. The van der Waals surface area contributed by atoms with Crippen molar-refractivity contribution >= 4 is 11.9 Å². The zero-order chi connectivity index (χ0) is 18.7. The number of amides is 1. The van der Waals surface area contributed by atoms with Crippen LogP contribution in [0.3, 0.4) is 0 Å². The number of oxazole rings is 1. The third kappa shape index (κ3) is 3.69. The van der Waals surface area contributed by atoms with Gasteiger partial charge in [-0.2, -0.15) is 9.97 Å². The number of methoxy groups -OCH3 is 2. The summed E-state index contributed by atoms with van der Waals surface area (Å²) in [5.41, 5.74) is 5.53. The molecule has 3 N–H and O–H groups in total. The van der Waals surface area contributed by atoms with Crippen LogP contribution in [-0.2, 0) is 0 Å². The third-order valence-electron chi connectivity index (χ3n) is 4.25. The first-order valence-corrected chi connectivity index (χ1v) is 8.22. The molecule has 1 aliphatic heterocycles. The van der Waals surface area contributed by atoms with Crippen molar-refractivity contribution in [3.63, 3.8) is 0 Å². The van der Waals surface area contributed by atoms with E-state index in [0.717, 1.165) is 25.9 Å². The minimum Gasteiger partial charge on any atom is -0.480 e. The number of carbonyl (C=O) groups excluding carboxylic acids is 1. The van der Waals surface area contributed by atoms with Crippen molar-refractivity contribution in [2.45, 2.75) is 18.9 Å². The monoisotopic (exact) mass is 362 g/mol. The molecule has 3 heterocycles. The second-order valence-electron chi connectivity index (χ2n) is 6.06. The Bertz CT molecular complexity index is 760. The van der Waals surface area contributed by atoms with Crippen molar-refractivity contribution in [2.24, 2.45) is 5.73 Å². The Morgan fingerprint density at radius 3 is 2.35 bits per heavy atom. The summed E-state index contributed by atoms with van der Waals surface area (Å²) < 4.78 is 16.0. The van der Waals surface area contributed by atoms with Crippen molar-refractivity contribution < 1.29 is 18.7 Å². The minimum atomic E-state index is -0.695. The first-order chi connectivity index (χ1) is 12.5. The standard InChI is InChI=1S/C16H22N6O4/c1-22-6-4-9(5-7-22)18-16-20-13(24-2)11(14(21-16)25-3)15-19-10(8-26-15)12(17)23/h8-9H,4-7H2,1-3H3,(H2,17,23)(H,18,20,21). The van der Waals surface area contributed by atoms with Crippen molar-refractivity contribution in [3.05, 3.63) is 12.0 Å². The van der Waals surface area contributed by atoms with E-state index in [1.165, 1.54) is 20.5 Å². The van der Waals surface area contributed by atoms with Crippen LogP contribution in [0.2, 0.25) is 0 Å². The predicted molar refractivity (Wildman–Crippen MR) is 93.3 cm³/mol. The van der Waals surface area contributed by atoms with Gasteiger partial charge in [-0.3, -0.25) is 4.79 Å². The molecule has 10 nitrogen and oxygen atoms in total. The van der Waals surface area contributed by atoms with Crippen LogP contribution >= 0.6 is 0 Å². The fourth-order valence-electron chi connectivity index (χ4n) is 2.80. The van der Waals surface area contributed by atoms with E-state index in [1.807, 2.05) is 0 Å². The van der Waals surface area contributed by atoms with Gasteiger partial charge in [-0.1, -0.05) is 0 Å². The molecule has 1 saturated heterocycles. The molecule has 26 heavy (non-hydrogen) atoms. The van der Waals surface area contributed by atoms with Gasteiger partial charge in [0, 0.05) is 6.04 Å². The lowest BCUT2D eigenvalue weighted by Crippen LogP contribution is -2.37. The van der Waals surface area contributed by atoms with E-state index in [0.29, 0.717) is 11.5 Å². The predicted octanol–water partition coefficient (Wildman–Crippen LogP) is 0.754. The van der Waals surface area contributed by atoms with Crippen LogP contribution in [0.4, 0.5) is 5.95 Å². The van der Waals surface area contributed by atoms with Gasteiger partial charge in [-0.15, -0.1) is 0 Å². The Balaban J connectivity index is 1.91. The van der Waals surface area contributed by atoms with Gasteiger partial charge in [-0.25, -0.2) is 4.98 Å². The summed E-state index contributed by atoms with van der Waals surface area (Å²) in [6.45, 7) is 2.02. The molecule has 0 saturated carbocycles. The number of ether oxygens (including phenoxy) is 2. The fraction of sp³-hybridized carbons (Fsp3) is 0.500. The highest BCUT2D eigenvalue weighted by Crippen LogP contribution is 2.36. The van der Waals surface area contributed by atoms with Crippen molar-refractivity contribution in [2.75, 3.05) is 39.7 Å². The maximum Gasteiger partial charge on any atom is 0.270 e. The first kappa shape index (κ1) is 17.9. The van der Waals surface area contributed by atoms with Crippen LogP contribution in [0.25, 0.3) is 11.5 Å². The molecule has 0 aliphatic carbocycles. The molecule has 2 aromatic rings. The first-order valence-electron chi connectivity index (χ1n) is 8.22. The molecule has 1 amide bonds. The molecule has 0 radical (unpaired) electrons. The zero-order valence-corrected chi connectivity index (χ0v) is 15.0. The van der Waals surface area contributed by atoms with Crippen LogP contribution < -0.4 is 20.5 Å². The highest BCUT2D eigenvalue weighted by atomic mass is 16.5. The number of rotatable bonds is 6. The number of likely N-dealkylation sites (tertiary alicyclic amines) is 1. The third-order valence-corrected chi connectivity index (χ3v) is 4.25. The number of hydrogen-bond acceptors (Lipinski definition) is 9. The summed E-state index contributed by atoms with van der Waals surface area (Å²) in [5, 5.41) is 3.32. The Morgan fingerprint density at radius 2 is 1.85 bits per heavy atom. The molecular formula is C16H22N6O4. The maximum absolute atomic E-state index is 11.2. The van der Waals surface area contributed by atoms with E-state index in [2.05, 4.69) is 32.2 Å². The molecular weight excluding hydrogens is 340 g/mol. The molecule has 0 aromatic carbocycles. The second-order valence-corrected chi connectivity index (χ2v) is 6.06. The number of nitrogens with two attached hydrogens (primary N) is 1. The summed E-state index contributed by atoms with van der Waals surface area (Å²) in [5.74, 6) is 0.256. The molecule has 0 atom stereocenters. The van der Waals surface area contributed by atoms with Crippen LogP contribution in [0, 0.1) is 0 Å². The summed E-state index contributed by atoms with van der Waals surface area (Å²) in [6.07, 6.45) is 3.16. The quantitative estimate of drug-likeness (QED) is 0.765. The van der Waals surface area contributed by atoms with Crippen LogP contribution in [0.5, 0.6) is 11.8 Å². The van der Waals surface area contributed by atoms with Crippen LogP contribution in [0.15, 0.2) is 10.7 Å². The topological polar surface area (TPSA) is 129 Å². The van der Waals surface area contributed by atoms with Gasteiger partial charge >= 0.3 is 0 Å².